The van der Waals surface area contributed by atoms with E-state index in [1.165, 1.54) is 4.88 Å². The quantitative estimate of drug-likeness (QED) is 0.834. The van der Waals surface area contributed by atoms with Gasteiger partial charge >= 0.3 is 0 Å². The smallest absolute Gasteiger partial charge is 0.101 e. The standard InChI is InChI=1S/C14H13BrN2S/c1-2-17(10-13-4-3-7-18-13)14-6-5-12(15)8-11(14)9-16/h3-8H,2,10H2,1H3. The van der Waals surface area contributed by atoms with Crippen molar-refractivity contribution in [3.8, 4) is 6.07 Å². The summed E-state index contributed by atoms with van der Waals surface area (Å²) in [6.07, 6.45) is 0. The summed E-state index contributed by atoms with van der Waals surface area (Å²) < 4.78 is 0.940. The largest absolute Gasteiger partial charge is 0.366 e. The zero-order valence-electron chi connectivity index (χ0n) is 10.1. The Hall–Kier alpha value is -1.31. The summed E-state index contributed by atoms with van der Waals surface area (Å²) >= 11 is 5.15. The maximum absolute atomic E-state index is 9.22. The predicted molar refractivity (Wildman–Crippen MR) is 79.9 cm³/mol. The molecule has 1 heterocycles. The second kappa shape index (κ2) is 6.03. The van der Waals surface area contributed by atoms with Gasteiger partial charge in [0.05, 0.1) is 17.8 Å². The fourth-order valence-electron chi connectivity index (χ4n) is 1.83. The van der Waals surface area contributed by atoms with E-state index < -0.39 is 0 Å². The Kier molecular flexibility index (Phi) is 4.40. The number of nitrogens with zero attached hydrogens (tertiary/aromatic N) is 2. The minimum Gasteiger partial charge on any atom is -0.366 e. The Bertz CT molecular complexity index is 558. The van der Waals surface area contributed by atoms with E-state index in [1.54, 1.807) is 11.3 Å². The first-order valence-electron chi connectivity index (χ1n) is 5.71. The highest BCUT2D eigenvalue weighted by Gasteiger charge is 2.11. The Morgan fingerprint density at radius 2 is 2.22 bits per heavy atom. The van der Waals surface area contributed by atoms with Crippen LogP contribution in [0.5, 0.6) is 0 Å². The molecular weight excluding hydrogens is 308 g/mol. The van der Waals surface area contributed by atoms with E-state index in [-0.39, 0.29) is 0 Å². The number of rotatable bonds is 4. The molecule has 1 aromatic heterocycles. The molecule has 0 atom stereocenters. The molecule has 0 amide bonds. The second-order valence-electron chi connectivity index (χ2n) is 3.87. The maximum Gasteiger partial charge on any atom is 0.101 e. The van der Waals surface area contributed by atoms with Gasteiger partial charge in [-0.2, -0.15) is 5.26 Å². The van der Waals surface area contributed by atoms with Gasteiger partial charge in [0, 0.05) is 15.9 Å². The molecule has 92 valence electrons. The third-order valence-electron chi connectivity index (χ3n) is 2.73. The van der Waals surface area contributed by atoms with Gasteiger partial charge in [0.1, 0.15) is 6.07 Å². The summed E-state index contributed by atoms with van der Waals surface area (Å²) in [7, 11) is 0. The average Bonchev–Trinajstić information content (AvgIpc) is 2.89. The first kappa shape index (κ1) is 13.1. The van der Waals surface area contributed by atoms with Gasteiger partial charge in [-0.05, 0) is 36.6 Å². The van der Waals surface area contributed by atoms with Gasteiger partial charge in [-0.1, -0.05) is 22.0 Å². The summed E-state index contributed by atoms with van der Waals surface area (Å²) in [5.41, 5.74) is 1.71. The fraction of sp³-hybridized carbons (Fsp3) is 0.214. The SMILES string of the molecule is CCN(Cc1cccs1)c1ccc(Br)cc1C#N. The molecule has 0 bridgehead atoms. The average molecular weight is 321 g/mol. The predicted octanol–water partition coefficient (Wildman–Crippen LogP) is 4.41. The van der Waals surface area contributed by atoms with Gasteiger partial charge in [0.2, 0.25) is 0 Å². The molecule has 2 nitrogen and oxygen atoms in total. The number of halogens is 1. The van der Waals surface area contributed by atoms with Crippen LogP contribution in [0.2, 0.25) is 0 Å². The van der Waals surface area contributed by atoms with Crippen LogP contribution in [0.15, 0.2) is 40.2 Å². The Morgan fingerprint density at radius 1 is 1.39 bits per heavy atom. The molecule has 1 aromatic carbocycles. The summed E-state index contributed by atoms with van der Waals surface area (Å²) in [5.74, 6) is 0. The molecular formula is C14H13BrN2S. The Morgan fingerprint density at radius 3 is 2.83 bits per heavy atom. The van der Waals surface area contributed by atoms with Gasteiger partial charge in [-0.15, -0.1) is 11.3 Å². The maximum atomic E-state index is 9.22. The first-order valence-corrected chi connectivity index (χ1v) is 7.39. The van der Waals surface area contributed by atoms with E-state index in [2.05, 4.69) is 51.3 Å². The van der Waals surface area contributed by atoms with E-state index >= 15 is 0 Å². The molecule has 0 N–H and O–H groups in total. The molecule has 2 aromatic rings. The molecule has 4 heteroatoms. The van der Waals surface area contributed by atoms with Crippen LogP contribution in [0.25, 0.3) is 0 Å². The molecule has 0 aliphatic rings. The highest BCUT2D eigenvalue weighted by Crippen LogP contribution is 2.26. The Balaban J connectivity index is 2.30. The van der Waals surface area contributed by atoms with Crippen LogP contribution < -0.4 is 4.90 Å². The van der Waals surface area contributed by atoms with E-state index in [1.807, 2.05) is 18.2 Å². The minimum atomic E-state index is 0.711. The zero-order chi connectivity index (χ0) is 13.0. The molecule has 0 unspecified atom stereocenters. The van der Waals surface area contributed by atoms with Crippen molar-refractivity contribution in [2.45, 2.75) is 13.5 Å². The van der Waals surface area contributed by atoms with E-state index in [0.29, 0.717) is 5.56 Å². The van der Waals surface area contributed by atoms with Crippen LogP contribution in [0.3, 0.4) is 0 Å². The van der Waals surface area contributed by atoms with Crippen molar-refractivity contribution in [2.75, 3.05) is 11.4 Å². The van der Waals surface area contributed by atoms with E-state index in [9.17, 15) is 5.26 Å². The third-order valence-corrected chi connectivity index (χ3v) is 4.08. The molecule has 0 saturated carbocycles. The van der Waals surface area contributed by atoms with Crippen LogP contribution >= 0.6 is 27.3 Å². The second-order valence-corrected chi connectivity index (χ2v) is 5.81. The van der Waals surface area contributed by atoms with Crippen molar-refractivity contribution < 1.29 is 0 Å². The lowest BCUT2D eigenvalue weighted by Gasteiger charge is -2.23. The fourth-order valence-corrected chi connectivity index (χ4v) is 2.91. The van der Waals surface area contributed by atoms with Gasteiger partial charge in [0.15, 0.2) is 0 Å². The number of benzene rings is 1. The summed E-state index contributed by atoms with van der Waals surface area (Å²) in [5, 5.41) is 11.3. The van der Waals surface area contributed by atoms with Crippen LogP contribution in [0.1, 0.15) is 17.4 Å². The van der Waals surface area contributed by atoms with Crippen molar-refractivity contribution in [2.24, 2.45) is 0 Å². The monoisotopic (exact) mass is 320 g/mol. The van der Waals surface area contributed by atoms with Gasteiger partial charge in [-0.25, -0.2) is 0 Å². The van der Waals surface area contributed by atoms with Gasteiger partial charge < -0.3 is 4.90 Å². The van der Waals surface area contributed by atoms with Crippen molar-refractivity contribution in [3.63, 3.8) is 0 Å². The van der Waals surface area contributed by atoms with Gasteiger partial charge in [-0.3, -0.25) is 0 Å². The molecule has 0 fully saturated rings. The van der Waals surface area contributed by atoms with Crippen molar-refractivity contribution >= 4 is 33.0 Å². The number of hydrogen-bond donors (Lipinski definition) is 0. The van der Waals surface area contributed by atoms with Crippen molar-refractivity contribution in [1.29, 1.82) is 5.26 Å². The molecule has 0 spiro atoms. The van der Waals surface area contributed by atoms with Gasteiger partial charge in [0.25, 0.3) is 0 Å². The minimum absolute atomic E-state index is 0.711. The van der Waals surface area contributed by atoms with E-state index in [0.717, 1.165) is 23.2 Å². The topological polar surface area (TPSA) is 27.0 Å². The molecule has 2 rings (SSSR count). The lowest BCUT2D eigenvalue weighted by atomic mass is 10.1. The van der Waals surface area contributed by atoms with E-state index in [4.69, 9.17) is 0 Å². The summed E-state index contributed by atoms with van der Waals surface area (Å²) in [6, 6.07) is 12.3. The third kappa shape index (κ3) is 2.92. The number of nitriles is 1. The lowest BCUT2D eigenvalue weighted by molar-refractivity contribution is 0.841. The normalized spacial score (nSPS) is 10.1. The Labute approximate surface area is 120 Å². The molecule has 0 radical (unpaired) electrons. The summed E-state index contributed by atoms with van der Waals surface area (Å²) in [4.78, 5) is 3.53. The van der Waals surface area contributed by atoms with Crippen molar-refractivity contribution in [3.05, 3.63) is 50.6 Å². The molecule has 0 aliphatic carbocycles. The molecule has 0 aliphatic heterocycles. The van der Waals surface area contributed by atoms with Crippen LogP contribution in [-0.4, -0.2) is 6.54 Å². The summed E-state index contributed by atoms with van der Waals surface area (Å²) in [6.45, 7) is 3.84. The van der Waals surface area contributed by atoms with Crippen LogP contribution in [-0.2, 0) is 6.54 Å². The highest BCUT2D eigenvalue weighted by atomic mass is 79.9. The first-order chi connectivity index (χ1) is 8.74. The number of anilines is 1. The zero-order valence-corrected chi connectivity index (χ0v) is 12.5. The molecule has 0 saturated heterocycles. The highest BCUT2D eigenvalue weighted by molar-refractivity contribution is 9.10. The lowest BCUT2D eigenvalue weighted by Crippen LogP contribution is -2.22. The van der Waals surface area contributed by atoms with Crippen LogP contribution in [0.4, 0.5) is 5.69 Å². The van der Waals surface area contributed by atoms with Crippen LogP contribution in [0, 0.1) is 11.3 Å². The number of thiophene rings is 1. The van der Waals surface area contributed by atoms with Crippen molar-refractivity contribution in [1.82, 2.24) is 0 Å². The number of hydrogen-bond acceptors (Lipinski definition) is 3. The molecule has 18 heavy (non-hydrogen) atoms.